The van der Waals surface area contributed by atoms with Crippen LogP contribution in [0.25, 0.3) is 0 Å². The average molecular weight is 313 g/mol. The van der Waals surface area contributed by atoms with E-state index in [9.17, 15) is 0 Å². The summed E-state index contributed by atoms with van der Waals surface area (Å²) in [6.07, 6.45) is 2.89. The second-order valence-corrected chi connectivity index (χ2v) is 6.12. The van der Waals surface area contributed by atoms with Crippen LogP contribution in [0.3, 0.4) is 0 Å². The number of pyridine rings is 1. The summed E-state index contributed by atoms with van der Waals surface area (Å²) in [7, 11) is 4.19. The van der Waals surface area contributed by atoms with Crippen LogP contribution in [0.2, 0.25) is 5.02 Å². The van der Waals surface area contributed by atoms with E-state index in [0.717, 1.165) is 49.0 Å². The van der Waals surface area contributed by atoms with Crippen molar-refractivity contribution in [2.75, 3.05) is 38.6 Å². The Labute approximate surface area is 134 Å². The van der Waals surface area contributed by atoms with Gasteiger partial charge in [-0.2, -0.15) is 0 Å². The van der Waals surface area contributed by atoms with E-state index in [2.05, 4.69) is 61.0 Å². The molecule has 0 saturated heterocycles. The van der Waals surface area contributed by atoms with Gasteiger partial charge in [-0.3, -0.25) is 0 Å². The molecule has 0 fully saturated rings. The van der Waals surface area contributed by atoms with Crippen LogP contribution < -0.4 is 10.2 Å². The number of rotatable bonds is 9. The van der Waals surface area contributed by atoms with Crippen LogP contribution in [-0.2, 0) is 6.54 Å². The summed E-state index contributed by atoms with van der Waals surface area (Å²) < 4.78 is 0. The lowest BCUT2D eigenvalue weighted by Gasteiger charge is -2.31. The summed E-state index contributed by atoms with van der Waals surface area (Å²) in [6.45, 7) is 10.3. The maximum Gasteiger partial charge on any atom is 0.129 e. The molecule has 1 aromatic rings. The van der Waals surface area contributed by atoms with Crippen LogP contribution in [0.1, 0.15) is 32.8 Å². The summed E-state index contributed by atoms with van der Waals surface area (Å²) >= 11 is 6.26. The molecule has 0 aliphatic carbocycles. The minimum atomic E-state index is 0.412. The lowest BCUT2D eigenvalue weighted by Crippen LogP contribution is -2.40. The van der Waals surface area contributed by atoms with Crippen molar-refractivity contribution in [1.82, 2.24) is 15.2 Å². The fourth-order valence-corrected chi connectivity index (χ4v) is 2.66. The molecule has 1 heterocycles. The molecule has 0 radical (unpaired) electrons. The zero-order valence-corrected chi connectivity index (χ0v) is 14.7. The monoisotopic (exact) mass is 312 g/mol. The maximum atomic E-state index is 6.26. The third kappa shape index (κ3) is 5.81. The van der Waals surface area contributed by atoms with Crippen molar-refractivity contribution in [2.24, 2.45) is 0 Å². The van der Waals surface area contributed by atoms with Crippen LogP contribution >= 0.6 is 11.6 Å². The Morgan fingerprint density at radius 1 is 1.33 bits per heavy atom. The molecular formula is C16H29ClN4. The van der Waals surface area contributed by atoms with Crippen molar-refractivity contribution < 1.29 is 0 Å². The minimum Gasteiger partial charge on any atom is -0.353 e. The fourth-order valence-electron chi connectivity index (χ4n) is 2.49. The van der Waals surface area contributed by atoms with Crippen molar-refractivity contribution in [2.45, 2.75) is 39.8 Å². The van der Waals surface area contributed by atoms with E-state index in [1.54, 1.807) is 6.20 Å². The molecule has 0 amide bonds. The van der Waals surface area contributed by atoms with E-state index in [4.69, 9.17) is 11.6 Å². The molecule has 4 nitrogen and oxygen atoms in total. The van der Waals surface area contributed by atoms with Gasteiger partial charge in [0.2, 0.25) is 0 Å². The minimum absolute atomic E-state index is 0.412. The number of aromatic nitrogens is 1. The molecule has 1 aromatic heterocycles. The molecule has 0 aromatic carbocycles. The summed E-state index contributed by atoms with van der Waals surface area (Å²) in [5, 5.41) is 4.13. The molecule has 0 saturated carbocycles. The molecule has 5 heteroatoms. The first-order valence-corrected chi connectivity index (χ1v) is 8.13. The number of likely N-dealkylation sites (N-methyl/N-ethyl adjacent to an activating group) is 2. The topological polar surface area (TPSA) is 31.4 Å². The molecule has 0 spiro atoms. The highest BCUT2D eigenvalue weighted by Gasteiger charge is 2.16. The van der Waals surface area contributed by atoms with Gasteiger partial charge >= 0.3 is 0 Å². The number of halogens is 1. The summed E-state index contributed by atoms with van der Waals surface area (Å²) in [5.74, 6) is 1.00. The van der Waals surface area contributed by atoms with Gasteiger partial charge in [0.1, 0.15) is 5.82 Å². The lowest BCUT2D eigenvalue weighted by atomic mass is 10.2. The second-order valence-electron chi connectivity index (χ2n) is 5.71. The SMILES string of the molecule is CCCNCc1cc(N(CC)C(C)CN(C)C)ncc1Cl. The van der Waals surface area contributed by atoms with Crippen molar-refractivity contribution >= 4 is 17.4 Å². The highest BCUT2D eigenvalue weighted by atomic mass is 35.5. The zero-order chi connectivity index (χ0) is 15.8. The van der Waals surface area contributed by atoms with Gasteiger partial charge in [-0.25, -0.2) is 4.98 Å². The Hall–Kier alpha value is -0.840. The quantitative estimate of drug-likeness (QED) is 0.710. The fraction of sp³-hybridized carbons (Fsp3) is 0.688. The summed E-state index contributed by atoms with van der Waals surface area (Å²) in [6, 6.07) is 2.52. The smallest absolute Gasteiger partial charge is 0.129 e. The molecule has 1 atom stereocenters. The first-order chi connectivity index (χ1) is 9.99. The molecule has 0 bridgehead atoms. The number of nitrogens with one attached hydrogen (secondary N) is 1. The number of nitrogens with zero attached hydrogens (tertiary/aromatic N) is 3. The van der Waals surface area contributed by atoms with E-state index in [1.165, 1.54) is 0 Å². The Balaban J connectivity index is 2.86. The van der Waals surface area contributed by atoms with E-state index >= 15 is 0 Å². The Morgan fingerprint density at radius 3 is 2.62 bits per heavy atom. The highest BCUT2D eigenvalue weighted by molar-refractivity contribution is 6.31. The van der Waals surface area contributed by atoms with Crippen LogP contribution in [0, 0.1) is 0 Å². The van der Waals surface area contributed by atoms with Gasteiger partial charge in [0.05, 0.1) is 5.02 Å². The van der Waals surface area contributed by atoms with Crippen molar-refractivity contribution in [3.8, 4) is 0 Å². The van der Waals surface area contributed by atoms with Gasteiger partial charge in [-0.05, 0) is 52.5 Å². The number of anilines is 1. The molecular weight excluding hydrogens is 284 g/mol. The third-order valence-electron chi connectivity index (χ3n) is 3.46. The first-order valence-electron chi connectivity index (χ1n) is 7.76. The van der Waals surface area contributed by atoms with E-state index in [1.807, 2.05) is 0 Å². The highest BCUT2D eigenvalue weighted by Crippen LogP contribution is 2.22. The summed E-state index contributed by atoms with van der Waals surface area (Å²) in [5.41, 5.74) is 1.12. The molecule has 21 heavy (non-hydrogen) atoms. The van der Waals surface area contributed by atoms with Crippen LogP contribution in [0.15, 0.2) is 12.3 Å². The largest absolute Gasteiger partial charge is 0.353 e. The van der Waals surface area contributed by atoms with Gasteiger partial charge in [0.25, 0.3) is 0 Å². The Morgan fingerprint density at radius 2 is 2.05 bits per heavy atom. The Kier molecular flexibility index (Phi) is 8.01. The average Bonchev–Trinajstić information content (AvgIpc) is 2.42. The van der Waals surface area contributed by atoms with Crippen molar-refractivity contribution in [3.63, 3.8) is 0 Å². The predicted molar refractivity (Wildman–Crippen MR) is 92.3 cm³/mol. The molecule has 1 N–H and O–H groups in total. The number of hydrogen-bond acceptors (Lipinski definition) is 4. The van der Waals surface area contributed by atoms with Gasteiger partial charge in [-0.15, -0.1) is 0 Å². The predicted octanol–water partition coefficient (Wildman–Crippen LogP) is 3.01. The van der Waals surface area contributed by atoms with Gasteiger partial charge in [-0.1, -0.05) is 18.5 Å². The van der Waals surface area contributed by atoms with E-state index < -0.39 is 0 Å². The molecule has 0 aliphatic heterocycles. The summed E-state index contributed by atoms with van der Waals surface area (Å²) in [4.78, 5) is 9.03. The molecule has 0 aliphatic rings. The van der Waals surface area contributed by atoms with Gasteiger partial charge in [0, 0.05) is 31.9 Å². The number of hydrogen-bond donors (Lipinski definition) is 1. The zero-order valence-electron chi connectivity index (χ0n) is 14.0. The molecule has 1 unspecified atom stereocenters. The van der Waals surface area contributed by atoms with Crippen LogP contribution in [0.5, 0.6) is 0 Å². The van der Waals surface area contributed by atoms with Crippen molar-refractivity contribution in [1.29, 1.82) is 0 Å². The van der Waals surface area contributed by atoms with E-state index in [0.29, 0.717) is 6.04 Å². The first kappa shape index (κ1) is 18.2. The van der Waals surface area contributed by atoms with Crippen LogP contribution in [-0.4, -0.2) is 49.7 Å². The molecule has 1 rings (SSSR count). The van der Waals surface area contributed by atoms with Gasteiger partial charge in [0.15, 0.2) is 0 Å². The van der Waals surface area contributed by atoms with Gasteiger partial charge < -0.3 is 15.1 Å². The molecule has 120 valence electrons. The lowest BCUT2D eigenvalue weighted by molar-refractivity contribution is 0.372. The second kappa shape index (κ2) is 9.23. The Bertz CT molecular complexity index is 423. The van der Waals surface area contributed by atoms with Crippen LogP contribution in [0.4, 0.5) is 5.82 Å². The van der Waals surface area contributed by atoms with E-state index in [-0.39, 0.29) is 0 Å². The normalized spacial score (nSPS) is 12.7. The standard InChI is InChI=1S/C16H29ClN4/c1-6-8-18-10-14-9-16(19-11-15(14)17)21(7-2)13(3)12-20(4)5/h9,11,13,18H,6-8,10,12H2,1-5H3. The maximum absolute atomic E-state index is 6.26. The third-order valence-corrected chi connectivity index (χ3v) is 3.80. The van der Waals surface area contributed by atoms with Crippen molar-refractivity contribution in [3.05, 3.63) is 22.8 Å².